The van der Waals surface area contributed by atoms with Gasteiger partial charge in [-0.25, -0.2) is 0 Å². The highest BCUT2D eigenvalue weighted by Gasteiger charge is 2.11. The summed E-state index contributed by atoms with van der Waals surface area (Å²) in [5.41, 5.74) is 0. The van der Waals surface area contributed by atoms with Crippen LogP contribution in [0, 0.1) is 11.8 Å². The molecule has 0 amide bonds. The predicted molar refractivity (Wildman–Crippen MR) is 84.7 cm³/mol. The number of piperazine rings is 1. The van der Waals surface area contributed by atoms with E-state index >= 15 is 0 Å². The van der Waals surface area contributed by atoms with Crippen molar-refractivity contribution in [2.75, 3.05) is 52.4 Å². The molecule has 3 nitrogen and oxygen atoms in total. The summed E-state index contributed by atoms with van der Waals surface area (Å²) in [5, 5.41) is 3.35. The molecule has 2 saturated heterocycles. The van der Waals surface area contributed by atoms with Crippen LogP contribution >= 0.6 is 0 Å². The van der Waals surface area contributed by atoms with Crippen LogP contribution in [0.25, 0.3) is 0 Å². The smallest absolute Gasteiger partial charge is 0.0107 e. The summed E-state index contributed by atoms with van der Waals surface area (Å²) >= 11 is 0. The van der Waals surface area contributed by atoms with Crippen molar-refractivity contribution in [1.82, 2.24) is 15.1 Å². The Balaban J connectivity index is 0.000000191. The lowest BCUT2D eigenvalue weighted by Gasteiger charge is -2.28. The minimum atomic E-state index is 0.818. The van der Waals surface area contributed by atoms with E-state index in [1.165, 1.54) is 65.2 Å². The van der Waals surface area contributed by atoms with Crippen molar-refractivity contribution in [2.24, 2.45) is 11.8 Å². The van der Waals surface area contributed by atoms with Crippen LogP contribution in [0.2, 0.25) is 0 Å². The van der Waals surface area contributed by atoms with Gasteiger partial charge in [0.1, 0.15) is 0 Å². The standard InChI is InChI=1S/C8H18N2.C8H17N/c1-8(2)7-10-5-3-9-4-6-10;1-8(2)7-9-5-3-4-6-9/h8-9H,3-7H2,1-2H3;8H,3-7H2,1-2H3. The van der Waals surface area contributed by atoms with Crippen molar-refractivity contribution in [2.45, 2.75) is 40.5 Å². The molecule has 0 spiro atoms. The van der Waals surface area contributed by atoms with Gasteiger partial charge in [-0.15, -0.1) is 0 Å². The Labute approximate surface area is 120 Å². The van der Waals surface area contributed by atoms with Crippen LogP contribution in [-0.4, -0.2) is 62.2 Å². The van der Waals surface area contributed by atoms with Gasteiger partial charge in [-0.05, 0) is 37.8 Å². The van der Waals surface area contributed by atoms with Crippen molar-refractivity contribution in [1.29, 1.82) is 0 Å². The fourth-order valence-corrected chi connectivity index (χ4v) is 2.89. The Kier molecular flexibility index (Phi) is 8.67. The highest BCUT2D eigenvalue weighted by atomic mass is 15.2. The minimum absolute atomic E-state index is 0.818. The quantitative estimate of drug-likeness (QED) is 0.845. The summed E-state index contributed by atoms with van der Waals surface area (Å²) in [6.45, 7) is 19.2. The van der Waals surface area contributed by atoms with Crippen molar-refractivity contribution in [3.8, 4) is 0 Å². The second-order valence-corrected chi connectivity index (χ2v) is 6.85. The molecule has 0 aromatic rings. The zero-order chi connectivity index (χ0) is 14.1. The van der Waals surface area contributed by atoms with Gasteiger partial charge in [-0.1, -0.05) is 27.7 Å². The molecule has 0 saturated carbocycles. The van der Waals surface area contributed by atoms with Crippen molar-refractivity contribution < 1.29 is 0 Å². The van der Waals surface area contributed by atoms with Gasteiger partial charge < -0.3 is 15.1 Å². The van der Waals surface area contributed by atoms with E-state index in [0.717, 1.165) is 11.8 Å². The second kappa shape index (κ2) is 9.73. The van der Waals surface area contributed by atoms with Crippen molar-refractivity contribution in [3.63, 3.8) is 0 Å². The Morgan fingerprint density at radius 2 is 1.16 bits per heavy atom. The monoisotopic (exact) mass is 269 g/mol. The maximum Gasteiger partial charge on any atom is 0.0107 e. The van der Waals surface area contributed by atoms with Crippen molar-refractivity contribution >= 4 is 0 Å². The molecule has 2 heterocycles. The molecule has 19 heavy (non-hydrogen) atoms. The zero-order valence-corrected chi connectivity index (χ0v) is 13.6. The van der Waals surface area contributed by atoms with Gasteiger partial charge >= 0.3 is 0 Å². The van der Waals surface area contributed by atoms with Crippen LogP contribution in [-0.2, 0) is 0 Å². The van der Waals surface area contributed by atoms with Crippen molar-refractivity contribution in [3.05, 3.63) is 0 Å². The topological polar surface area (TPSA) is 18.5 Å². The maximum absolute atomic E-state index is 3.35. The zero-order valence-electron chi connectivity index (χ0n) is 13.6. The summed E-state index contributed by atoms with van der Waals surface area (Å²) in [6, 6.07) is 0. The Morgan fingerprint density at radius 1 is 0.737 bits per heavy atom. The number of hydrogen-bond acceptors (Lipinski definition) is 3. The molecule has 0 bridgehead atoms. The van der Waals surface area contributed by atoms with E-state index in [1.807, 2.05) is 0 Å². The van der Waals surface area contributed by atoms with Crippen LogP contribution < -0.4 is 5.32 Å². The molecule has 2 rings (SSSR count). The second-order valence-electron chi connectivity index (χ2n) is 6.85. The summed E-state index contributed by atoms with van der Waals surface area (Å²) in [6.07, 6.45) is 2.85. The van der Waals surface area contributed by atoms with Gasteiger partial charge in [0.2, 0.25) is 0 Å². The molecule has 2 fully saturated rings. The Morgan fingerprint density at radius 3 is 1.58 bits per heavy atom. The lowest BCUT2D eigenvalue weighted by atomic mass is 10.2. The van der Waals surface area contributed by atoms with Crippen LogP contribution in [0.3, 0.4) is 0 Å². The largest absolute Gasteiger partial charge is 0.314 e. The molecule has 114 valence electrons. The average molecular weight is 269 g/mol. The van der Waals surface area contributed by atoms with E-state index in [1.54, 1.807) is 0 Å². The summed E-state index contributed by atoms with van der Waals surface area (Å²) in [7, 11) is 0. The molecule has 2 aliphatic heterocycles. The molecule has 0 aromatic carbocycles. The van der Waals surface area contributed by atoms with E-state index < -0.39 is 0 Å². The SMILES string of the molecule is CC(C)CN1CCCC1.CC(C)CN1CCNCC1. The van der Waals surface area contributed by atoms with Gasteiger partial charge in [0.05, 0.1) is 0 Å². The van der Waals surface area contributed by atoms with Gasteiger partial charge in [-0.3, -0.25) is 0 Å². The first kappa shape index (κ1) is 16.9. The average Bonchev–Trinajstić information content (AvgIpc) is 2.82. The van der Waals surface area contributed by atoms with Crippen LogP contribution in [0.4, 0.5) is 0 Å². The highest BCUT2D eigenvalue weighted by molar-refractivity contribution is 4.68. The summed E-state index contributed by atoms with van der Waals surface area (Å²) in [5.74, 6) is 1.67. The fourth-order valence-electron chi connectivity index (χ4n) is 2.89. The fraction of sp³-hybridized carbons (Fsp3) is 1.00. The molecular weight excluding hydrogens is 234 g/mol. The first-order valence-electron chi connectivity index (χ1n) is 8.23. The first-order valence-corrected chi connectivity index (χ1v) is 8.23. The third-order valence-corrected chi connectivity index (χ3v) is 3.65. The molecule has 0 radical (unpaired) electrons. The Bertz CT molecular complexity index is 204. The number of rotatable bonds is 4. The van der Waals surface area contributed by atoms with Crippen LogP contribution in [0.5, 0.6) is 0 Å². The van der Waals surface area contributed by atoms with E-state index in [0.29, 0.717) is 0 Å². The van der Waals surface area contributed by atoms with E-state index in [-0.39, 0.29) is 0 Å². The van der Waals surface area contributed by atoms with Crippen LogP contribution in [0.15, 0.2) is 0 Å². The van der Waals surface area contributed by atoms with E-state index in [9.17, 15) is 0 Å². The number of likely N-dealkylation sites (tertiary alicyclic amines) is 1. The minimum Gasteiger partial charge on any atom is -0.314 e. The number of nitrogens with one attached hydrogen (secondary N) is 1. The maximum atomic E-state index is 3.35. The van der Waals surface area contributed by atoms with Gasteiger partial charge in [0.25, 0.3) is 0 Å². The van der Waals surface area contributed by atoms with Gasteiger partial charge in [0, 0.05) is 39.3 Å². The summed E-state index contributed by atoms with van der Waals surface area (Å²) in [4.78, 5) is 5.09. The van der Waals surface area contributed by atoms with Crippen LogP contribution in [0.1, 0.15) is 40.5 Å². The molecular formula is C16H35N3. The molecule has 2 aliphatic rings. The first-order chi connectivity index (χ1) is 9.08. The molecule has 0 atom stereocenters. The third kappa shape index (κ3) is 8.61. The van der Waals surface area contributed by atoms with E-state index in [4.69, 9.17) is 0 Å². The van der Waals surface area contributed by atoms with Gasteiger partial charge in [0.15, 0.2) is 0 Å². The molecule has 1 N–H and O–H groups in total. The van der Waals surface area contributed by atoms with E-state index in [2.05, 4.69) is 42.8 Å². The predicted octanol–water partition coefficient (Wildman–Crippen LogP) is 2.29. The third-order valence-electron chi connectivity index (χ3n) is 3.65. The molecule has 0 aliphatic carbocycles. The highest BCUT2D eigenvalue weighted by Crippen LogP contribution is 2.09. The number of nitrogens with zero attached hydrogens (tertiary/aromatic N) is 2. The molecule has 3 heteroatoms. The lowest BCUT2D eigenvalue weighted by Crippen LogP contribution is -2.44. The molecule has 0 unspecified atom stereocenters. The Hall–Kier alpha value is -0.120. The lowest BCUT2D eigenvalue weighted by molar-refractivity contribution is 0.217. The summed E-state index contributed by atoms with van der Waals surface area (Å²) < 4.78 is 0. The normalized spacial score (nSPS) is 21.8. The number of hydrogen-bond donors (Lipinski definition) is 1. The molecule has 0 aromatic heterocycles. The van der Waals surface area contributed by atoms with Gasteiger partial charge in [-0.2, -0.15) is 0 Å².